The van der Waals surface area contributed by atoms with Crippen LogP contribution in [0.15, 0.2) is 0 Å². The molecule has 6 nitrogen and oxygen atoms in total. The second kappa shape index (κ2) is 12.5. The highest BCUT2D eigenvalue weighted by Gasteiger charge is 2.14. The maximum absolute atomic E-state index is 4.68. The number of rotatable bonds is 8. The molecule has 0 bridgehead atoms. The molecule has 0 saturated heterocycles. The topological polar surface area (TPSA) is 55.4 Å². The summed E-state index contributed by atoms with van der Waals surface area (Å²) in [5.41, 5.74) is -0.984. The molecule has 0 aromatic carbocycles. The number of hydrogen-bond donors (Lipinski definition) is 0. The molecular formula is C14H32O6. The third kappa shape index (κ3) is 26.3. The molecule has 0 aromatic heterocycles. The molecular weight excluding hydrogens is 264 g/mol. The van der Waals surface area contributed by atoms with E-state index in [-0.39, 0.29) is 0 Å². The predicted molar refractivity (Wildman–Crippen MR) is 75.8 cm³/mol. The summed E-state index contributed by atoms with van der Waals surface area (Å²) >= 11 is 0. The van der Waals surface area contributed by atoms with Gasteiger partial charge in [0, 0.05) is 0 Å². The van der Waals surface area contributed by atoms with Crippen molar-refractivity contribution in [3.05, 3.63) is 0 Å². The molecule has 20 heavy (non-hydrogen) atoms. The van der Waals surface area contributed by atoms with Gasteiger partial charge in [0.1, 0.15) is 0 Å². The largest absolute Gasteiger partial charge is 0.198 e. The molecule has 0 heterocycles. The van der Waals surface area contributed by atoms with Crippen molar-refractivity contribution in [2.75, 3.05) is 0 Å². The van der Waals surface area contributed by atoms with Crippen molar-refractivity contribution in [3.8, 4) is 0 Å². The lowest BCUT2D eigenvalue weighted by Crippen LogP contribution is -2.21. The molecule has 6 heteroatoms. The molecule has 0 fully saturated rings. The van der Waals surface area contributed by atoms with Gasteiger partial charge in [-0.15, -0.1) is 0 Å². The highest BCUT2D eigenvalue weighted by atomic mass is 17.8. The summed E-state index contributed by atoms with van der Waals surface area (Å²) in [6, 6.07) is 0. The van der Waals surface area contributed by atoms with Gasteiger partial charge in [-0.1, -0.05) is 39.5 Å². The molecule has 0 aromatic rings. The first-order valence-corrected chi connectivity index (χ1v) is 7.16. The van der Waals surface area contributed by atoms with E-state index in [4.69, 9.17) is 0 Å². The van der Waals surface area contributed by atoms with Crippen LogP contribution in [0.1, 0.15) is 81.1 Å². The van der Waals surface area contributed by atoms with Gasteiger partial charge in [0.2, 0.25) is 0 Å². The third-order valence-electron chi connectivity index (χ3n) is 1.61. The van der Waals surface area contributed by atoms with Gasteiger partial charge in [-0.2, -0.15) is 9.78 Å². The Morgan fingerprint density at radius 3 is 1.05 bits per heavy atom. The number of hydrogen-bond acceptors (Lipinski definition) is 6. The van der Waals surface area contributed by atoms with Gasteiger partial charge >= 0.3 is 0 Å². The van der Waals surface area contributed by atoms with Crippen LogP contribution in [0.4, 0.5) is 0 Å². The van der Waals surface area contributed by atoms with Crippen molar-refractivity contribution >= 4 is 0 Å². The van der Waals surface area contributed by atoms with Crippen LogP contribution in [-0.4, -0.2) is 11.2 Å². The fourth-order valence-corrected chi connectivity index (χ4v) is 0.755. The lowest BCUT2D eigenvalue weighted by atomic mass is 10.2. The first-order valence-electron chi connectivity index (χ1n) is 7.16. The SMILES string of the molecule is CC(C)(C)OOOOOOC(C)(C)C.CCCCCC. The third-order valence-corrected chi connectivity index (χ3v) is 1.61. The lowest BCUT2D eigenvalue weighted by molar-refractivity contribution is -0.768. The van der Waals surface area contributed by atoms with E-state index in [1.165, 1.54) is 25.7 Å². The van der Waals surface area contributed by atoms with Crippen LogP contribution in [0.25, 0.3) is 0 Å². The quantitative estimate of drug-likeness (QED) is 0.363. The summed E-state index contributed by atoms with van der Waals surface area (Å²) in [6.45, 7) is 15.1. The van der Waals surface area contributed by atoms with Gasteiger partial charge in [-0.25, -0.2) is 0 Å². The van der Waals surface area contributed by atoms with Crippen molar-refractivity contribution in [1.82, 2.24) is 0 Å². The summed E-state index contributed by atoms with van der Waals surface area (Å²) in [6.07, 6.45) is 5.54. The summed E-state index contributed by atoms with van der Waals surface area (Å²) < 4.78 is 0. The highest BCUT2D eigenvalue weighted by molar-refractivity contribution is 4.54. The fourth-order valence-electron chi connectivity index (χ4n) is 0.755. The molecule has 0 radical (unpaired) electrons. The van der Waals surface area contributed by atoms with E-state index in [0.29, 0.717) is 0 Å². The Morgan fingerprint density at radius 1 is 0.550 bits per heavy atom. The van der Waals surface area contributed by atoms with Gasteiger partial charge in [-0.05, 0) is 61.7 Å². The van der Waals surface area contributed by atoms with Crippen LogP contribution in [0, 0.1) is 0 Å². The Kier molecular flexibility index (Phi) is 13.8. The molecule has 0 rings (SSSR count). The van der Waals surface area contributed by atoms with Crippen molar-refractivity contribution in [1.29, 1.82) is 0 Å². The Balaban J connectivity index is 0. The van der Waals surface area contributed by atoms with Gasteiger partial charge in [0.05, 0.1) is 11.2 Å². The zero-order valence-electron chi connectivity index (χ0n) is 14.3. The Morgan fingerprint density at radius 2 is 0.850 bits per heavy atom. The van der Waals surface area contributed by atoms with Gasteiger partial charge < -0.3 is 0 Å². The number of unbranched alkanes of at least 4 members (excludes halogenated alkanes) is 3. The normalized spacial score (nSPS) is 12.0. The van der Waals surface area contributed by atoms with Crippen LogP contribution < -0.4 is 0 Å². The smallest absolute Gasteiger partial charge is 0.0984 e. The van der Waals surface area contributed by atoms with Crippen molar-refractivity contribution in [3.63, 3.8) is 0 Å². The highest BCUT2D eigenvalue weighted by Crippen LogP contribution is 2.09. The van der Waals surface area contributed by atoms with Crippen LogP contribution >= 0.6 is 0 Å². The van der Waals surface area contributed by atoms with E-state index in [1.54, 1.807) is 41.5 Å². The molecule has 124 valence electrons. The Labute approximate surface area is 123 Å². The van der Waals surface area contributed by atoms with E-state index in [1.807, 2.05) is 0 Å². The zero-order chi connectivity index (χ0) is 16.1. The molecule has 0 aliphatic carbocycles. The molecule has 0 saturated carbocycles. The van der Waals surface area contributed by atoms with Crippen molar-refractivity contribution in [2.24, 2.45) is 0 Å². The van der Waals surface area contributed by atoms with Gasteiger partial charge in [0.25, 0.3) is 0 Å². The Hall–Kier alpha value is -0.240. The zero-order valence-corrected chi connectivity index (χ0v) is 14.3. The van der Waals surface area contributed by atoms with Crippen LogP contribution in [0.2, 0.25) is 0 Å². The summed E-state index contributed by atoms with van der Waals surface area (Å²) in [5, 5.41) is 16.4. The molecule has 0 amide bonds. The maximum Gasteiger partial charge on any atom is 0.0984 e. The molecule has 0 aliphatic rings. The maximum atomic E-state index is 4.68. The second-order valence-corrected chi connectivity index (χ2v) is 6.37. The second-order valence-electron chi connectivity index (χ2n) is 6.37. The van der Waals surface area contributed by atoms with E-state index in [9.17, 15) is 0 Å². The molecule has 0 N–H and O–H groups in total. The molecule has 0 atom stereocenters. The van der Waals surface area contributed by atoms with Crippen LogP contribution in [0.3, 0.4) is 0 Å². The standard InChI is InChI=1S/C8H18O6.C6H14/c1-7(2,3)9-11-13-14-12-10-8(4,5)6;1-3-5-6-4-2/h1-6H3;3-6H2,1-2H3. The van der Waals surface area contributed by atoms with Crippen molar-refractivity contribution in [2.45, 2.75) is 92.3 Å². The average molecular weight is 296 g/mol. The minimum absolute atomic E-state index is 0.492. The van der Waals surface area contributed by atoms with Gasteiger partial charge in [-0.3, -0.25) is 0 Å². The predicted octanol–water partition coefficient (Wildman–Crippen LogP) is 4.84. The first kappa shape index (κ1) is 22.0. The fraction of sp³-hybridized carbons (Fsp3) is 1.00. The van der Waals surface area contributed by atoms with E-state index in [0.717, 1.165) is 0 Å². The van der Waals surface area contributed by atoms with Crippen LogP contribution in [-0.2, 0) is 29.9 Å². The lowest BCUT2D eigenvalue weighted by Gasteiger charge is -2.16. The van der Waals surface area contributed by atoms with E-state index >= 15 is 0 Å². The summed E-state index contributed by atoms with van der Waals surface area (Å²) in [7, 11) is 0. The molecule has 0 spiro atoms. The van der Waals surface area contributed by atoms with E-state index in [2.05, 4.69) is 43.8 Å². The van der Waals surface area contributed by atoms with Gasteiger partial charge in [0.15, 0.2) is 0 Å². The summed E-state index contributed by atoms with van der Waals surface area (Å²) in [4.78, 5) is 9.36. The van der Waals surface area contributed by atoms with Crippen LogP contribution in [0.5, 0.6) is 0 Å². The van der Waals surface area contributed by atoms with E-state index < -0.39 is 11.2 Å². The minimum Gasteiger partial charge on any atom is -0.198 e. The summed E-state index contributed by atoms with van der Waals surface area (Å²) in [5.74, 6) is 0. The van der Waals surface area contributed by atoms with Crippen molar-refractivity contribution < 1.29 is 29.9 Å². The first-order chi connectivity index (χ1) is 9.12. The average Bonchev–Trinajstić information content (AvgIpc) is 2.29. The Bertz CT molecular complexity index is 173. The minimum atomic E-state index is -0.492. The monoisotopic (exact) mass is 296 g/mol. The molecule has 0 unspecified atom stereocenters. The molecule has 0 aliphatic heterocycles.